The van der Waals surface area contributed by atoms with Crippen molar-refractivity contribution in [2.24, 2.45) is 0 Å². The van der Waals surface area contributed by atoms with Crippen molar-refractivity contribution in [1.29, 1.82) is 0 Å². The number of thiol groups is 1. The minimum Gasteiger partial charge on any atom is -0.490 e. The van der Waals surface area contributed by atoms with E-state index in [4.69, 9.17) is 14.2 Å². The van der Waals surface area contributed by atoms with E-state index in [2.05, 4.69) is 12.6 Å². The molecular formula is C14H19NO6S. The highest BCUT2D eigenvalue weighted by atomic mass is 32.1. The summed E-state index contributed by atoms with van der Waals surface area (Å²) in [5.74, 6) is 0.259. The van der Waals surface area contributed by atoms with Crippen LogP contribution >= 0.6 is 12.6 Å². The molecule has 0 fully saturated rings. The van der Waals surface area contributed by atoms with Gasteiger partial charge >= 0.3 is 5.97 Å². The molecule has 0 unspecified atom stereocenters. The van der Waals surface area contributed by atoms with E-state index in [1.807, 2.05) is 6.92 Å². The van der Waals surface area contributed by atoms with Gasteiger partial charge in [0.25, 0.3) is 5.69 Å². The number of hydrogen-bond donors (Lipinski definition) is 1. The molecule has 122 valence electrons. The number of rotatable bonds is 9. The number of nitrogens with zero attached hydrogens (tertiary/aromatic N) is 1. The van der Waals surface area contributed by atoms with Crippen LogP contribution in [0.1, 0.15) is 19.4 Å². The molecule has 1 rings (SSSR count). The first-order chi connectivity index (χ1) is 10.5. The number of nitro groups is 1. The van der Waals surface area contributed by atoms with Gasteiger partial charge in [-0.05, 0) is 19.9 Å². The van der Waals surface area contributed by atoms with Crippen LogP contribution in [0.15, 0.2) is 12.1 Å². The summed E-state index contributed by atoms with van der Waals surface area (Å²) in [6, 6.07) is 2.89. The highest BCUT2D eigenvalue weighted by molar-refractivity contribution is 7.81. The number of carbonyl (C=O) groups excluding carboxylic acids is 1. The first kappa shape index (κ1) is 18.1. The molecule has 22 heavy (non-hydrogen) atoms. The van der Waals surface area contributed by atoms with Crippen molar-refractivity contribution in [1.82, 2.24) is 0 Å². The Morgan fingerprint density at radius 3 is 2.32 bits per heavy atom. The molecule has 0 bridgehead atoms. The minimum atomic E-state index is -0.492. The fraction of sp³-hybridized carbons (Fsp3) is 0.500. The maximum Gasteiger partial charge on any atom is 0.315 e. The summed E-state index contributed by atoms with van der Waals surface area (Å²) in [5.41, 5.74) is 0.331. The SMILES string of the molecule is CCOc1cc(CCOC(=O)CS)c([N+](=O)[O-])cc1OCC. The summed E-state index contributed by atoms with van der Waals surface area (Å²) in [6.45, 7) is 4.42. The third-order valence-corrected chi connectivity index (χ3v) is 2.96. The van der Waals surface area contributed by atoms with Gasteiger partial charge in [0, 0.05) is 12.0 Å². The number of benzene rings is 1. The topological polar surface area (TPSA) is 87.9 Å². The zero-order chi connectivity index (χ0) is 16.5. The lowest BCUT2D eigenvalue weighted by Crippen LogP contribution is -2.10. The van der Waals surface area contributed by atoms with E-state index in [0.717, 1.165) is 0 Å². The zero-order valence-corrected chi connectivity index (χ0v) is 13.4. The summed E-state index contributed by atoms with van der Waals surface area (Å²) >= 11 is 3.79. The predicted molar refractivity (Wildman–Crippen MR) is 84.0 cm³/mol. The molecule has 0 aliphatic heterocycles. The summed E-state index contributed by atoms with van der Waals surface area (Å²) in [4.78, 5) is 21.8. The Labute approximate surface area is 134 Å². The Balaban J connectivity index is 3.03. The van der Waals surface area contributed by atoms with Crippen LogP contribution in [0.3, 0.4) is 0 Å². The predicted octanol–water partition coefficient (Wildman–Crippen LogP) is 2.41. The second kappa shape index (κ2) is 9.14. The molecule has 0 N–H and O–H groups in total. The van der Waals surface area contributed by atoms with Crippen molar-refractivity contribution >= 4 is 24.3 Å². The summed E-state index contributed by atoms with van der Waals surface area (Å²) < 4.78 is 15.7. The van der Waals surface area contributed by atoms with E-state index in [1.165, 1.54) is 6.07 Å². The molecule has 0 aliphatic rings. The molecule has 0 aliphatic carbocycles. The number of esters is 1. The fourth-order valence-electron chi connectivity index (χ4n) is 1.82. The second-order valence-electron chi connectivity index (χ2n) is 4.18. The zero-order valence-electron chi connectivity index (χ0n) is 12.5. The van der Waals surface area contributed by atoms with E-state index in [9.17, 15) is 14.9 Å². The molecule has 7 nitrogen and oxygen atoms in total. The van der Waals surface area contributed by atoms with Crippen molar-refractivity contribution in [3.05, 3.63) is 27.8 Å². The summed E-state index contributed by atoms with van der Waals surface area (Å²) in [6.07, 6.45) is 0.211. The normalized spacial score (nSPS) is 10.1. The van der Waals surface area contributed by atoms with Gasteiger partial charge in [0.15, 0.2) is 11.5 Å². The molecule has 0 saturated heterocycles. The van der Waals surface area contributed by atoms with Crippen LogP contribution in [-0.2, 0) is 16.0 Å². The van der Waals surface area contributed by atoms with Crippen LogP contribution < -0.4 is 9.47 Å². The quantitative estimate of drug-likeness (QED) is 0.324. The second-order valence-corrected chi connectivity index (χ2v) is 4.50. The van der Waals surface area contributed by atoms with Crippen LogP contribution in [0.25, 0.3) is 0 Å². The molecule has 0 amide bonds. The molecule has 0 spiro atoms. The van der Waals surface area contributed by atoms with Gasteiger partial charge in [-0.1, -0.05) is 0 Å². The number of carbonyl (C=O) groups is 1. The Hall–Kier alpha value is -1.96. The Morgan fingerprint density at radius 2 is 1.82 bits per heavy atom. The van der Waals surface area contributed by atoms with Gasteiger partial charge in [0.2, 0.25) is 0 Å². The molecule has 0 saturated carbocycles. The van der Waals surface area contributed by atoms with Crippen LogP contribution in [0.4, 0.5) is 5.69 Å². The van der Waals surface area contributed by atoms with Gasteiger partial charge in [0.05, 0.1) is 36.6 Å². The van der Waals surface area contributed by atoms with Gasteiger partial charge in [-0.3, -0.25) is 14.9 Å². The lowest BCUT2D eigenvalue weighted by molar-refractivity contribution is -0.385. The average molecular weight is 329 g/mol. The molecule has 0 aromatic heterocycles. The maximum absolute atomic E-state index is 11.2. The molecule has 0 radical (unpaired) electrons. The molecule has 8 heteroatoms. The highest BCUT2D eigenvalue weighted by Crippen LogP contribution is 2.35. The first-order valence-electron chi connectivity index (χ1n) is 6.86. The molecule has 0 atom stereocenters. The lowest BCUT2D eigenvalue weighted by Gasteiger charge is -2.13. The molecule has 0 heterocycles. The van der Waals surface area contributed by atoms with Crippen molar-refractivity contribution in [2.45, 2.75) is 20.3 Å². The number of ether oxygens (including phenoxy) is 3. The van der Waals surface area contributed by atoms with Crippen LogP contribution in [0.5, 0.6) is 11.5 Å². The fourth-order valence-corrected chi connectivity index (χ4v) is 1.91. The molecular weight excluding hydrogens is 310 g/mol. The monoisotopic (exact) mass is 329 g/mol. The largest absolute Gasteiger partial charge is 0.490 e. The first-order valence-corrected chi connectivity index (χ1v) is 7.50. The lowest BCUT2D eigenvalue weighted by atomic mass is 10.1. The van der Waals surface area contributed by atoms with E-state index >= 15 is 0 Å². The Kier molecular flexibility index (Phi) is 7.51. The highest BCUT2D eigenvalue weighted by Gasteiger charge is 2.20. The van der Waals surface area contributed by atoms with Gasteiger partial charge in [-0.15, -0.1) is 0 Å². The van der Waals surface area contributed by atoms with Gasteiger partial charge in [0.1, 0.15) is 0 Å². The van der Waals surface area contributed by atoms with Crippen LogP contribution in [-0.4, -0.2) is 36.5 Å². The third-order valence-electron chi connectivity index (χ3n) is 2.70. The third kappa shape index (κ3) is 5.10. The maximum atomic E-state index is 11.2. The van der Waals surface area contributed by atoms with Gasteiger partial charge < -0.3 is 14.2 Å². The summed E-state index contributed by atoms with van der Waals surface area (Å²) in [7, 11) is 0. The Morgan fingerprint density at radius 1 is 1.23 bits per heavy atom. The van der Waals surface area contributed by atoms with Crippen molar-refractivity contribution in [3.8, 4) is 11.5 Å². The minimum absolute atomic E-state index is 0.0322. The van der Waals surface area contributed by atoms with Crippen LogP contribution in [0, 0.1) is 10.1 Å². The van der Waals surface area contributed by atoms with E-state index in [0.29, 0.717) is 30.3 Å². The number of hydrogen-bond acceptors (Lipinski definition) is 7. The van der Waals surface area contributed by atoms with Crippen molar-refractivity contribution in [2.75, 3.05) is 25.6 Å². The van der Waals surface area contributed by atoms with E-state index in [1.54, 1.807) is 13.0 Å². The van der Waals surface area contributed by atoms with Crippen LogP contribution in [0.2, 0.25) is 0 Å². The van der Waals surface area contributed by atoms with Gasteiger partial charge in [-0.25, -0.2) is 0 Å². The van der Waals surface area contributed by atoms with Gasteiger partial charge in [-0.2, -0.15) is 12.6 Å². The molecule has 1 aromatic carbocycles. The number of nitro benzene ring substituents is 1. The Bertz CT molecular complexity index is 534. The van der Waals surface area contributed by atoms with E-state index in [-0.39, 0.29) is 24.5 Å². The summed E-state index contributed by atoms with van der Waals surface area (Å²) in [5, 5.41) is 11.2. The van der Waals surface area contributed by atoms with E-state index < -0.39 is 10.9 Å². The smallest absolute Gasteiger partial charge is 0.315 e. The van der Waals surface area contributed by atoms with Crippen molar-refractivity contribution < 1.29 is 23.9 Å². The molecule has 1 aromatic rings. The average Bonchev–Trinajstić information content (AvgIpc) is 2.49. The van der Waals surface area contributed by atoms with Crippen molar-refractivity contribution in [3.63, 3.8) is 0 Å². The standard InChI is InChI=1S/C14H19NO6S/c1-3-19-12-7-10(5-6-21-14(16)9-22)11(15(17)18)8-13(12)20-4-2/h7-8,22H,3-6,9H2,1-2H3.